The van der Waals surface area contributed by atoms with Gasteiger partial charge in [-0.05, 0) is 49.6 Å². The summed E-state index contributed by atoms with van der Waals surface area (Å²) in [6.45, 7) is 8.99. The zero-order valence-electron chi connectivity index (χ0n) is 17.4. The number of rotatable bonds is 7. The molecule has 1 fully saturated rings. The second-order valence-electron chi connectivity index (χ2n) is 7.28. The lowest BCUT2D eigenvalue weighted by atomic mass is 10.0. The molecule has 1 aliphatic heterocycles. The molecule has 2 aromatic rings. The summed E-state index contributed by atoms with van der Waals surface area (Å²) in [5.74, 6) is 0.399. The van der Waals surface area contributed by atoms with Gasteiger partial charge in [-0.25, -0.2) is 5.43 Å². The van der Waals surface area contributed by atoms with E-state index in [4.69, 9.17) is 9.47 Å². The van der Waals surface area contributed by atoms with E-state index >= 15 is 0 Å². The van der Waals surface area contributed by atoms with E-state index in [9.17, 15) is 4.79 Å². The number of ether oxygens (including phenoxy) is 2. The summed E-state index contributed by atoms with van der Waals surface area (Å²) < 4.78 is 11.1. The van der Waals surface area contributed by atoms with Crippen molar-refractivity contribution in [1.82, 2.24) is 10.3 Å². The van der Waals surface area contributed by atoms with Crippen molar-refractivity contribution < 1.29 is 14.3 Å². The van der Waals surface area contributed by atoms with Gasteiger partial charge in [-0.15, -0.1) is 0 Å². The van der Waals surface area contributed by atoms with Gasteiger partial charge in [0.25, 0.3) is 5.91 Å². The molecule has 0 aromatic heterocycles. The number of carbonyl (C=O) groups excluding carboxylic acids is 1. The highest BCUT2D eigenvalue weighted by Gasteiger charge is 2.25. The minimum absolute atomic E-state index is 0.000988. The van der Waals surface area contributed by atoms with Crippen molar-refractivity contribution in [3.05, 3.63) is 65.2 Å². The molecule has 0 bridgehead atoms. The van der Waals surface area contributed by atoms with Crippen molar-refractivity contribution in [3.63, 3.8) is 0 Å². The standard InChI is InChI=1S/C23H29N3O3/c1-17-9-10-21(15-18(17)2)29-16-22(27)25-24-19(3)23(20-7-5-4-6-8-20)26-11-13-28-14-12-26/h4-10,15,23H,11-14,16H2,1-3H3,(H,25,27)/b24-19-/t23-/m0/s1. The molecule has 29 heavy (non-hydrogen) atoms. The second kappa shape index (κ2) is 10.2. The monoisotopic (exact) mass is 395 g/mol. The van der Waals surface area contributed by atoms with E-state index in [-0.39, 0.29) is 18.6 Å². The lowest BCUT2D eigenvalue weighted by molar-refractivity contribution is -0.123. The molecule has 0 saturated carbocycles. The molecule has 0 spiro atoms. The molecule has 6 nitrogen and oxygen atoms in total. The molecule has 0 unspecified atom stereocenters. The molecule has 2 aromatic carbocycles. The van der Waals surface area contributed by atoms with E-state index < -0.39 is 0 Å². The predicted octanol–water partition coefficient (Wildman–Crippen LogP) is 3.25. The molecule has 3 rings (SSSR count). The Balaban J connectivity index is 1.63. The van der Waals surface area contributed by atoms with Gasteiger partial charge in [-0.2, -0.15) is 5.10 Å². The van der Waals surface area contributed by atoms with Crippen molar-refractivity contribution >= 4 is 11.6 Å². The van der Waals surface area contributed by atoms with E-state index in [1.54, 1.807) is 0 Å². The van der Waals surface area contributed by atoms with Gasteiger partial charge in [0.1, 0.15) is 5.75 Å². The number of hydrogen-bond acceptors (Lipinski definition) is 5. The van der Waals surface area contributed by atoms with E-state index in [0.717, 1.165) is 29.9 Å². The number of carbonyl (C=O) groups is 1. The fourth-order valence-corrected chi connectivity index (χ4v) is 3.38. The number of nitrogens with one attached hydrogen (secondary N) is 1. The van der Waals surface area contributed by atoms with Gasteiger partial charge in [-0.1, -0.05) is 36.4 Å². The Morgan fingerprint density at radius 3 is 2.55 bits per heavy atom. The number of nitrogens with zero attached hydrogens (tertiary/aromatic N) is 2. The quantitative estimate of drug-likeness (QED) is 0.577. The first-order valence-electron chi connectivity index (χ1n) is 9.94. The third kappa shape index (κ3) is 5.89. The molecule has 1 aliphatic rings. The molecule has 154 valence electrons. The Morgan fingerprint density at radius 1 is 1.14 bits per heavy atom. The predicted molar refractivity (Wildman–Crippen MR) is 114 cm³/mol. The molecular formula is C23H29N3O3. The average Bonchev–Trinajstić information content (AvgIpc) is 2.75. The van der Waals surface area contributed by atoms with Crippen molar-refractivity contribution in [1.29, 1.82) is 0 Å². The maximum atomic E-state index is 12.2. The van der Waals surface area contributed by atoms with Gasteiger partial charge in [0, 0.05) is 13.1 Å². The van der Waals surface area contributed by atoms with Crippen LogP contribution in [0, 0.1) is 13.8 Å². The summed E-state index contributed by atoms with van der Waals surface area (Å²) in [4.78, 5) is 14.6. The van der Waals surface area contributed by atoms with Crippen LogP contribution in [0.2, 0.25) is 0 Å². The first kappa shape index (κ1) is 21.0. The largest absolute Gasteiger partial charge is 0.484 e. The van der Waals surface area contributed by atoms with Crippen molar-refractivity contribution in [2.75, 3.05) is 32.9 Å². The maximum Gasteiger partial charge on any atom is 0.277 e. The van der Waals surface area contributed by atoms with Crippen LogP contribution in [0.1, 0.15) is 29.7 Å². The van der Waals surface area contributed by atoms with Gasteiger partial charge < -0.3 is 9.47 Å². The minimum atomic E-state index is -0.281. The van der Waals surface area contributed by atoms with Gasteiger partial charge in [-0.3, -0.25) is 9.69 Å². The topological polar surface area (TPSA) is 63.2 Å². The van der Waals surface area contributed by atoms with Crippen LogP contribution in [-0.4, -0.2) is 49.4 Å². The fraction of sp³-hybridized carbons (Fsp3) is 0.391. The number of hydrogen-bond donors (Lipinski definition) is 1. The van der Waals surface area contributed by atoms with Crippen LogP contribution < -0.4 is 10.2 Å². The maximum absolute atomic E-state index is 12.2. The normalized spacial score (nSPS) is 16.3. The van der Waals surface area contributed by atoms with Crippen molar-refractivity contribution in [3.8, 4) is 5.75 Å². The smallest absolute Gasteiger partial charge is 0.277 e. The molecule has 6 heteroatoms. The minimum Gasteiger partial charge on any atom is -0.484 e. The zero-order valence-corrected chi connectivity index (χ0v) is 17.4. The SMILES string of the molecule is C/C(=N/NC(=O)COc1ccc(C)c(C)c1)[C@@H](c1ccccc1)N1CCOCC1. The number of amides is 1. The third-order valence-electron chi connectivity index (χ3n) is 5.13. The fourth-order valence-electron chi connectivity index (χ4n) is 3.38. The molecule has 1 heterocycles. The Morgan fingerprint density at radius 2 is 1.86 bits per heavy atom. The van der Waals surface area contributed by atoms with Gasteiger partial charge in [0.05, 0.1) is 25.0 Å². The highest BCUT2D eigenvalue weighted by atomic mass is 16.5. The number of aryl methyl sites for hydroxylation is 2. The van der Waals surface area contributed by atoms with Crippen LogP contribution in [0.25, 0.3) is 0 Å². The van der Waals surface area contributed by atoms with E-state index in [2.05, 4.69) is 27.6 Å². The zero-order chi connectivity index (χ0) is 20.6. The van der Waals surface area contributed by atoms with E-state index in [0.29, 0.717) is 19.0 Å². The van der Waals surface area contributed by atoms with Gasteiger partial charge in [0.15, 0.2) is 6.61 Å². The second-order valence-corrected chi connectivity index (χ2v) is 7.28. The first-order valence-corrected chi connectivity index (χ1v) is 9.94. The summed E-state index contributed by atoms with van der Waals surface area (Å²) in [5, 5.41) is 4.37. The van der Waals surface area contributed by atoms with Crippen molar-refractivity contribution in [2.24, 2.45) is 5.10 Å². The lowest BCUT2D eigenvalue weighted by Crippen LogP contribution is -2.42. The van der Waals surface area contributed by atoms with E-state index in [1.807, 2.05) is 57.2 Å². The Bertz CT molecular complexity index is 846. The van der Waals surface area contributed by atoms with Crippen LogP contribution >= 0.6 is 0 Å². The molecule has 1 atom stereocenters. The van der Waals surface area contributed by atoms with Crippen LogP contribution in [0.5, 0.6) is 5.75 Å². The molecule has 1 amide bonds. The first-order chi connectivity index (χ1) is 14.0. The number of benzene rings is 2. The number of hydrazone groups is 1. The molecular weight excluding hydrogens is 366 g/mol. The number of morpholine rings is 1. The van der Waals surface area contributed by atoms with Crippen LogP contribution in [-0.2, 0) is 9.53 Å². The molecule has 0 aliphatic carbocycles. The summed E-state index contributed by atoms with van der Waals surface area (Å²) in [7, 11) is 0. The summed E-state index contributed by atoms with van der Waals surface area (Å²) >= 11 is 0. The highest BCUT2D eigenvalue weighted by Crippen LogP contribution is 2.23. The van der Waals surface area contributed by atoms with Crippen molar-refractivity contribution in [2.45, 2.75) is 26.8 Å². The molecule has 1 N–H and O–H groups in total. The Hall–Kier alpha value is -2.70. The average molecular weight is 396 g/mol. The molecule has 1 saturated heterocycles. The van der Waals surface area contributed by atoms with Crippen LogP contribution in [0.15, 0.2) is 53.6 Å². The van der Waals surface area contributed by atoms with Crippen LogP contribution in [0.3, 0.4) is 0 Å². The van der Waals surface area contributed by atoms with Crippen LogP contribution in [0.4, 0.5) is 0 Å². The van der Waals surface area contributed by atoms with Gasteiger partial charge in [0.2, 0.25) is 0 Å². The Kier molecular flexibility index (Phi) is 7.38. The van der Waals surface area contributed by atoms with Gasteiger partial charge >= 0.3 is 0 Å². The lowest BCUT2D eigenvalue weighted by Gasteiger charge is -2.34. The summed E-state index contributed by atoms with van der Waals surface area (Å²) in [5.41, 5.74) is 6.94. The summed E-state index contributed by atoms with van der Waals surface area (Å²) in [6, 6.07) is 16.0. The third-order valence-corrected chi connectivity index (χ3v) is 5.13. The molecule has 0 radical (unpaired) electrons. The summed E-state index contributed by atoms with van der Waals surface area (Å²) in [6.07, 6.45) is 0. The highest BCUT2D eigenvalue weighted by molar-refractivity contribution is 5.90. The Labute approximate surface area is 172 Å². The van der Waals surface area contributed by atoms with E-state index in [1.165, 1.54) is 5.56 Å².